The number of hydrogen-bond donors (Lipinski definition) is 0. The Bertz CT molecular complexity index is 465. The Morgan fingerprint density at radius 3 is 2.63 bits per heavy atom. The molecule has 1 aliphatic heterocycles. The minimum absolute atomic E-state index is 0.0372. The quantitative estimate of drug-likeness (QED) is 0.777. The van der Waals surface area contributed by atoms with Crippen LogP contribution in [0.15, 0.2) is 30.3 Å². The first-order valence-corrected chi connectivity index (χ1v) is 7.38. The van der Waals surface area contributed by atoms with Crippen LogP contribution in [0.2, 0.25) is 5.02 Å². The van der Waals surface area contributed by atoms with Crippen LogP contribution < -0.4 is 0 Å². The highest BCUT2D eigenvalue weighted by molar-refractivity contribution is 6.32. The summed E-state index contributed by atoms with van der Waals surface area (Å²) in [6, 6.07) is 7.80. The molecule has 1 saturated heterocycles. The fourth-order valence-electron chi connectivity index (χ4n) is 2.28. The van der Waals surface area contributed by atoms with Crippen molar-refractivity contribution in [3.05, 3.63) is 40.9 Å². The van der Waals surface area contributed by atoms with E-state index in [1.807, 2.05) is 29.2 Å². The lowest BCUT2D eigenvalue weighted by Crippen LogP contribution is -2.38. The van der Waals surface area contributed by atoms with E-state index in [-0.39, 0.29) is 11.8 Å². The zero-order chi connectivity index (χ0) is 13.7. The van der Waals surface area contributed by atoms with E-state index < -0.39 is 0 Å². The van der Waals surface area contributed by atoms with E-state index >= 15 is 0 Å². The summed E-state index contributed by atoms with van der Waals surface area (Å²) in [5, 5.41) is 0.772. The summed E-state index contributed by atoms with van der Waals surface area (Å²) >= 11 is 11.7. The second-order valence-electron chi connectivity index (χ2n) is 4.73. The number of amides is 1. The molecular weight excluding hydrogens is 281 g/mol. The van der Waals surface area contributed by atoms with Gasteiger partial charge in [0.25, 0.3) is 0 Å². The first-order valence-electron chi connectivity index (χ1n) is 6.47. The summed E-state index contributed by atoms with van der Waals surface area (Å²) < 4.78 is 0. The topological polar surface area (TPSA) is 20.3 Å². The third kappa shape index (κ3) is 3.99. The maximum atomic E-state index is 11.5. The first-order chi connectivity index (χ1) is 9.20. The van der Waals surface area contributed by atoms with Crippen LogP contribution in [-0.4, -0.2) is 29.8 Å². The fourth-order valence-corrected chi connectivity index (χ4v) is 2.64. The molecule has 1 heterocycles. The van der Waals surface area contributed by atoms with Crippen LogP contribution in [-0.2, 0) is 4.79 Å². The summed E-state index contributed by atoms with van der Waals surface area (Å²) in [5.74, 6) is 0.631. The van der Waals surface area contributed by atoms with Crippen molar-refractivity contribution in [2.45, 2.75) is 12.8 Å². The molecule has 1 fully saturated rings. The second-order valence-corrected chi connectivity index (χ2v) is 5.41. The third-order valence-electron chi connectivity index (χ3n) is 3.46. The van der Waals surface area contributed by atoms with Gasteiger partial charge in [0.2, 0.25) is 5.91 Å². The molecule has 1 aromatic rings. The van der Waals surface area contributed by atoms with Gasteiger partial charge in [0, 0.05) is 18.1 Å². The van der Waals surface area contributed by atoms with Crippen molar-refractivity contribution in [1.82, 2.24) is 4.90 Å². The van der Waals surface area contributed by atoms with Crippen molar-refractivity contribution in [2.75, 3.05) is 19.0 Å². The van der Waals surface area contributed by atoms with Crippen molar-refractivity contribution in [1.29, 1.82) is 0 Å². The summed E-state index contributed by atoms with van der Waals surface area (Å²) in [4.78, 5) is 13.3. The molecule has 102 valence electrons. The minimum atomic E-state index is 0.0372. The molecule has 1 aliphatic rings. The van der Waals surface area contributed by atoms with Gasteiger partial charge in [-0.25, -0.2) is 0 Å². The minimum Gasteiger partial charge on any atom is -0.342 e. The van der Waals surface area contributed by atoms with Gasteiger partial charge in [0.1, 0.15) is 5.88 Å². The van der Waals surface area contributed by atoms with Gasteiger partial charge in [-0.15, -0.1) is 11.6 Å². The molecule has 0 atom stereocenters. The number of hydrogen-bond acceptors (Lipinski definition) is 1. The fraction of sp³-hybridized carbons (Fsp3) is 0.400. The van der Waals surface area contributed by atoms with Gasteiger partial charge in [-0.2, -0.15) is 0 Å². The van der Waals surface area contributed by atoms with Crippen LogP contribution in [0, 0.1) is 5.92 Å². The highest BCUT2D eigenvalue weighted by atomic mass is 35.5. The number of alkyl halides is 1. The van der Waals surface area contributed by atoms with Crippen molar-refractivity contribution in [3.63, 3.8) is 0 Å². The zero-order valence-electron chi connectivity index (χ0n) is 10.7. The van der Waals surface area contributed by atoms with E-state index in [0.717, 1.165) is 36.5 Å². The molecule has 4 heteroatoms. The SMILES string of the molecule is O=C(CCl)N1CCC(/C=C/c2ccccc2Cl)CC1. The number of likely N-dealkylation sites (tertiary alicyclic amines) is 1. The van der Waals surface area contributed by atoms with E-state index in [9.17, 15) is 4.79 Å². The predicted molar refractivity (Wildman–Crippen MR) is 80.5 cm³/mol. The molecule has 1 aromatic carbocycles. The Labute approximate surface area is 124 Å². The van der Waals surface area contributed by atoms with Crippen LogP contribution in [0.25, 0.3) is 6.08 Å². The van der Waals surface area contributed by atoms with Crippen molar-refractivity contribution < 1.29 is 4.79 Å². The lowest BCUT2D eigenvalue weighted by Gasteiger charge is -2.30. The number of benzene rings is 1. The molecule has 0 unspecified atom stereocenters. The van der Waals surface area contributed by atoms with Crippen molar-refractivity contribution in [2.24, 2.45) is 5.92 Å². The highest BCUT2D eigenvalue weighted by Crippen LogP contribution is 2.22. The number of carbonyl (C=O) groups is 1. The summed E-state index contributed by atoms with van der Waals surface area (Å²) in [5.41, 5.74) is 1.04. The smallest absolute Gasteiger partial charge is 0.237 e. The van der Waals surface area contributed by atoms with E-state index in [0.29, 0.717) is 5.92 Å². The van der Waals surface area contributed by atoms with E-state index in [4.69, 9.17) is 23.2 Å². The molecule has 0 saturated carbocycles. The van der Waals surface area contributed by atoms with Gasteiger partial charge in [-0.05, 0) is 30.4 Å². The predicted octanol–water partition coefficient (Wildman–Crippen LogP) is 3.83. The number of carbonyl (C=O) groups excluding carboxylic acids is 1. The van der Waals surface area contributed by atoms with E-state index in [1.165, 1.54) is 0 Å². The number of allylic oxidation sites excluding steroid dienone is 1. The summed E-state index contributed by atoms with van der Waals surface area (Å²) in [7, 11) is 0. The molecule has 0 aliphatic carbocycles. The van der Waals surface area contributed by atoms with E-state index in [2.05, 4.69) is 12.2 Å². The average molecular weight is 298 g/mol. The van der Waals surface area contributed by atoms with Gasteiger partial charge < -0.3 is 4.90 Å². The van der Waals surface area contributed by atoms with Crippen LogP contribution in [0.4, 0.5) is 0 Å². The van der Waals surface area contributed by atoms with Gasteiger partial charge >= 0.3 is 0 Å². The lowest BCUT2D eigenvalue weighted by molar-refractivity contribution is -0.129. The number of nitrogens with zero attached hydrogens (tertiary/aromatic N) is 1. The summed E-state index contributed by atoms with van der Waals surface area (Å²) in [6.07, 6.45) is 6.25. The number of halogens is 2. The Hall–Kier alpha value is -0.990. The molecule has 2 rings (SSSR count). The molecule has 0 radical (unpaired) electrons. The largest absolute Gasteiger partial charge is 0.342 e. The average Bonchev–Trinajstić information content (AvgIpc) is 2.46. The Morgan fingerprint density at radius 2 is 2.00 bits per heavy atom. The molecule has 2 nitrogen and oxygen atoms in total. The molecule has 0 bridgehead atoms. The van der Waals surface area contributed by atoms with E-state index in [1.54, 1.807) is 0 Å². The van der Waals surface area contributed by atoms with Gasteiger partial charge in [-0.3, -0.25) is 4.79 Å². The van der Waals surface area contributed by atoms with Gasteiger partial charge in [0.15, 0.2) is 0 Å². The number of piperidine rings is 1. The Kier molecular flexibility index (Phi) is 5.29. The third-order valence-corrected chi connectivity index (χ3v) is 4.03. The standard InChI is InChI=1S/C15H17Cl2NO/c16-11-15(19)18-9-7-12(8-10-18)5-6-13-3-1-2-4-14(13)17/h1-6,12H,7-11H2/b6-5+. The van der Waals surface area contributed by atoms with Crippen LogP contribution in [0.5, 0.6) is 0 Å². The normalized spacial score (nSPS) is 17.1. The second kappa shape index (κ2) is 6.97. The molecule has 0 N–H and O–H groups in total. The van der Waals surface area contributed by atoms with Gasteiger partial charge in [0.05, 0.1) is 0 Å². The Balaban J connectivity index is 1.89. The first kappa shape index (κ1) is 14.4. The van der Waals surface area contributed by atoms with Crippen LogP contribution >= 0.6 is 23.2 Å². The maximum absolute atomic E-state index is 11.5. The van der Waals surface area contributed by atoms with Crippen LogP contribution in [0.1, 0.15) is 18.4 Å². The number of rotatable bonds is 3. The zero-order valence-corrected chi connectivity index (χ0v) is 12.2. The monoisotopic (exact) mass is 297 g/mol. The lowest BCUT2D eigenvalue weighted by atomic mass is 9.95. The molecule has 1 amide bonds. The molecule has 0 spiro atoms. The van der Waals surface area contributed by atoms with Crippen LogP contribution in [0.3, 0.4) is 0 Å². The van der Waals surface area contributed by atoms with Gasteiger partial charge in [-0.1, -0.05) is 42.0 Å². The highest BCUT2D eigenvalue weighted by Gasteiger charge is 2.20. The van der Waals surface area contributed by atoms with Crippen molar-refractivity contribution >= 4 is 35.2 Å². The molecular formula is C15H17Cl2NO. The molecule has 19 heavy (non-hydrogen) atoms. The molecule has 0 aromatic heterocycles. The Morgan fingerprint density at radius 1 is 1.32 bits per heavy atom. The summed E-state index contributed by atoms with van der Waals surface area (Å²) in [6.45, 7) is 1.59. The maximum Gasteiger partial charge on any atom is 0.237 e. The van der Waals surface area contributed by atoms with Crippen molar-refractivity contribution in [3.8, 4) is 0 Å².